The van der Waals surface area contributed by atoms with Gasteiger partial charge in [0.15, 0.2) is 0 Å². The third-order valence-corrected chi connectivity index (χ3v) is 5.62. The summed E-state index contributed by atoms with van der Waals surface area (Å²) in [4.78, 5) is 7.28. The Labute approximate surface area is 160 Å². The zero-order chi connectivity index (χ0) is 19.0. The summed E-state index contributed by atoms with van der Waals surface area (Å²) in [5.74, 6) is 2.32. The maximum Gasteiger partial charge on any atom is 0.137 e. The Morgan fingerprint density at radius 3 is 2.74 bits per heavy atom. The second-order valence-corrected chi connectivity index (χ2v) is 7.58. The van der Waals surface area contributed by atoms with Crippen LogP contribution in [0.3, 0.4) is 0 Å². The summed E-state index contributed by atoms with van der Waals surface area (Å²) in [6.45, 7) is 8.06. The first-order valence-electron chi connectivity index (χ1n) is 9.67. The molecule has 5 nitrogen and oxygen atoms in total. The number of hydrogen-bond donors (Lipinski definition) is 0. The fourth-order valence-corrected chi connectivity index (χ4v) is 4.07. The van der Waals surface area contributed by atoms with E-state index in [-0.39, 0.29) is 6.10 Å². The molecule has 0 amide bonds. The molecule has 2 aromatic heterocycles. The molecule has 0 saturated carbocycles. The maximum atomic E-state index is 5.77. The number of anilines is 1. The standard InChI is InChI=1S/C22H27N3O2/c1-5-16-6-7-20-19(10-16)14(2)8-22(23-20)25-12-17(21(13-25)26-4)11-18-9-15(3)24-27-18/h6-10,17,21H,5,11-13H2,1-4H3/t17-,21+/m1/s1. The molecule has 0 aliphatic carbocycles. The molecule has 0 N–H and O–H groups in total. The monoisotopic (exact) mass is 365 g/mol. The zero-order valence-corrected chi connectivity index (χ0v) is 16.5. The van der Waals surface area contributed by atoms with Crippen LogP contribution in [0.5, 0.6) is 0 Å². The number of rotatable bonds is 5. The highest BCUT2D eigenvalue weighted by Crippen LogP contribution is 2.30. The van der Waals surface area contributed by atoms with Gasteiger partial charge in [0, 0.05) is 44.0 Å². The molecule has 2 atom stereocenters. The summed E-state index contributed by atoms with van der Waals surface area (Å²) in [7, 11) is 1.79. The second-order valence-electron chi connectivity index (χ2n) is 7.58. The molecule has 27 heavy (non-hydrogen) atoms. The maximum absolute atomic E-state index is 5.77. The number of benzene rings is 1. The molecule has 1 saturated heterocycles. The summed E-state index contributed by atoms with van der Waals surface area (Å²) in [5.41, 5.74) is 4.61. The van der Waals surface area contributed by atoms with Crippen LogP contribution < -0.4 is 4.90 Å². The molecule has 142 valence electrons. The molecular formula is C22H27N3O2. The van der Waals surface area contributed by atoms with Crippen LogP contribution in [-0.2, 0) is 17.6 Å². The fourth-order valence-electron chi connectivity index (χ4n) is 4.07. The minimum absolute atomic E-state index is 0.163. The van der Waals surface area contributed by atoms with E-state index in [0.29, 0.717) is 5.92 Å². The van der Waals surface area contributed by atoms with Crippen LogP contribution in [0.4, 0.5) is 5.82 Å². The van der Waals surface area contributed by atoms with Crippen molar-refractivity contribution >= 4 is 16.7 Å². The highest BCUT2D eigenvalue weighted by molar-refractivity contribution is 5.84. The lowest BCUT2D eigenvalue weighted by molar-refractivity contribution is 0.0813. The number of aryl methyl sites for hydroxylation is 3. The molecule has 0 bridgehead atoms. The number of fused-ring (bicyclic) bond motifs is 1. The Hall–Kier alpha value is -2.40. The van der Waals surface area contributed by atoms with E-state index in [0.717, 1.165) is 48.7 Å². The van der Waals surface area contributed by atoms with E-state index in [1.54, 1.807) is 7.11 Å². The lowest BCUT2D eigenvalue weighted by atomic mass is 10.0. The minimum Gasteiger partial charge on any atom is -0.379 e. The highest BCUT2D eigenvalue weighted by Gasteiger charge is 2.34. The smallest absolute Gasteiger partial charge is 0.137 e. The van der Waals surface area contributed by atoms with Gasteiger partial charge in [-0.25, -0.2) is 4.98 Å². The lowest BCUT2D eigenvalue weighted by Crippen LogP contribution is -2.23. The van der Waals surface area contributed by atoms with Crippen LogP contribution in [0.25, 0.3) is 10.9 Å². The first kappa shape index (κ1) is 18.0. The molecule has 0 spiro atoms. The van der Waals surface area contributed by atoms with Gasteiger partial charge in [0.05, 0.1) is 17.3 Å². The Morgan fingerprint density at radius 1 is 1.19 bits per heavy atom. The number of methoxy groups -OCH3 is 1. The van der Waals surface area contributed by atoms with Crippen molar-refractivity contribution in [3.63, 3.8) is 0 Å². The van der Waals surface area contributed by atoms with E-state index in [9.17, 15) is 0 Å². The van der Waals surface area contributed by atoms with Crippen LogP contribution >= 0.6 is 0 Å². The normalized spacial score (nSPS) is 19.9. The Bertz CT molecular complexity index is 950. The van der Waals surface area contributed by atoms with E-state index in [1.165, 1.54) is 16.5 Å². The summed E-state index contributed by atoms with van der Waals surface area (Å²) in [6.07, 6.45) is 2.04. The Kier molecular flexibility index (Phi) is 4.87. The highest BCUT2D eigenvalue weighted by atomic mass is 16.5. The molecule has 1 fully saturated rings. The van der Waals surface area contributed by atoms with Gasteiger partial charge in [-0.05, 0) is 49.6 Å². The number of hydrogen-bond acceptors (Lipinski definition) is 5. The second kappa shape index (κ2) is 7.31. The van der Waals surface area contributed by atoms with Gasteiger partial charge in [-0.3, -0.25) is 0 Å². The van der Waals surface area contributed by atoms with Gasteiger partial charge in [0.1, 0.15) is 11.6 Å². The molecule has 4 rings (SSSR count). The number of aromatic nitrogens is 2. The third-order valence-electron chi connectivity index (χ3n) is 5.62. The average Bonchev–Trinajstić information content (AvgIpc) is 3.27. The molecular weight excluding hydrogens is 338 g/mol. The topological polar surface area (TPSA) is 51.4 Å². The molecule has 1 aliphatic rings. The van der Waals surface area contributed by atoms with Gasteiger partial charge in [-0.15, -0.1) is 0 Å². The van der Waals surface area contributed by atoms with Gasteiger partial charge in [0.25, 0.3) is 0 Å². The Morgan fingerprint density at radius 2 is 2.04 bits per heavy atom. The van der Waals surface area contributed by atoms with Crippen LogP contribution in [0.2, 0.25) is 0 Å². The molecule has 1 aromatic carbocycles. The van der Waals surface area contributed by atoms with Crippen molar-refractivity contribution in [2.75, 3.05) is 25.1 Å². The summed E-state index contributed by atoms with van der Waals surface area (Å²) >= 11 is 0. The predicted molar refractivity (Wildman–Crippen MR) is 107 cm³/mol. The number of nitrogens with zero attached hydrogens (tertiary/aromatic N) is 3. The van der Waals surface area contributed by atoms with Gasteiger partial charge in [0.2, 0.25) is 0 Å². The van der Waals surface area contributed by atoms with Gasteiger partial charge >= 0.3 is 0 Å². The van der Waals surface area contributed by atoms with Crippen molar-refractivity contribution in [2.45, 2.75) is 39.7 Å². The van der Waals surface area contributed by atoms with E-state index < -0.39 is 0 Å². The molecule has 3 aromatic rings. The summed E-state index contributed by atoms with van der Waals surface area (Å²) in [6, 6.07) is 10.8. The van der Waals surface area contributed by atoms with Crippen molar-refractivity contribution in [3.05, 3.63) is 52.9 Å². The van der Waals surface area contributed by atoms with E-state index in [2.05, 4.69) is 48.2 Å². The number of pyridine rings is 1. The van der Waals surface area contributed by atoms with Crippen LogP contribution in [0.1, 0.15) is 29.5 Å². The van der Waals surface area contributed by atoms with E-state index in [4.69, 9.17) is 14.2 Å². The minimum atomic E-state index is 0.163. The first-order valence-corrected chi connectivity index (χ1v) is 9.67. The van der Waals surface area contributed by atoms with Gasteiger partial charge in [-0.1, -0.05) is 18.1 Å². The van der Waals surface area contributed by atoms with Crippen LogP contribution in [-0.4, -0.2) is 36.4 Å². The van der Waals surface area contributed by atoms with E-state index in [1.807, 2.05) is 13.0 Å². The average molecular weight is 365 g/mol. The van der Waals surface area contributed by atoms with Crippen LogP contribution in [0.15, 0.2) is 34.9 Å². The largest absolute Gasteiger partial charge is 0.379 e. The lowest BCUT2D eigenvalue weighted by Gasteiger charge is -2.19. The van der Waals surface area contributed by atoms with Crippen LogP contribution in [0, 0.1) is 19.8 Å². The molecule has 1 aliphatic heterocycles. The zero-order valence-electron chi connectivity index (χ0n) is 16.5. The quantitative estimate of drug-likeness (QED) is 0.681. The van der Waals surface area contributed by atoms with Crippen molar-refractivity contribution in [2.24, 2.45) is 5.92 Å². The molecule has 0 radical (unpaired) electrons. The van der Waals surface area contributed by atoms with Crippen molar-refractivity contribution in [1.29, 1.82) is 0 Å². The fraction of sp³-hybridized carbons (Fsp3) is 0.455. The molecule has 5 heteroatoms. The van der Waals surface area contributed by atoms with Crippen molar-refractivity contribution in [1.82, 2.24) is 10.1 Å². The number of ether oxygens (including phenoxy) is 1. The SMILES string of the molecule is CCc1ccc2nc(N3C[C@@H](Cc4cc(C)no4)[C@@H](OC)C3)cc(C)c2c1. The first-order chi connectivity index (χ1) is 13.1. The summed E-state index contributed by atoms with van der Waals surface area (Å²) < 4.78 is 11.2. The van der Waals surface area contributed by atoms with Gasteiger partial charge < -0.3 is 14.2 Å². The summed E-state index contributed by atoms with van der Waals surface area (Å²) in [5, 5.41) is 5.25. The van der Waals surface area contributed by atoms with Gasteiger partial charge in [-0.2, -0.15) is 0 Å². The predicted octanol–water partition coefficient (Wildman–Crippen LogP) is 4.10. The molecule has 0 unspecified atom stereocenters. The van der Waals surface area contributed by atoms with Crippen molar-refractivity contribution in [3.8, 4) is 0 Å². The molecule has 3 heterocycles. The third kappa shape index (κ3) is 3.56. The van der Waals surface area contributed by atoms with Crippen molar-refractivity contribution < 1.29 is 9.26 Å². The van der Waals surface area contributed by atoms with E-state index >= 15 is 0 Å². The Balaban J connectivity index is 1.59.